The minimum absolute atomic E-state index is 0.0299. The first-order valence-corrected chi connectivity index (χ1v) is 12.7. The van der Waals surface area contributed by atoms with Crippen molar-refractivity contribution in [1.29, 1.82) is 0 Å². The first-order chi connectivity index (χ1) is 17.5. The molecule has 1 aromatic carbocycles. The highest BCUT2D eigenvalue weighted by molar-refractivity contribution is 9.10. The molecule has 0 bridgehead atoms. The fourth-order valence-electron chi connectivity index (χ4n) is 3.88. The number of carbonyl (C=O) groups is 2. The number of halogens is 2. The molecule has 0 N–H and O–H groups in total. The van der Waals surface area contributed by atoms with Crippen LogP contribution in [-0.4, -0.2) is 44.8 Å². The smallest absolute Gasteiger partial charge is 0.428 e. The average Bonchev–Trinajstić information content (AvgIpc) is 3.15. The van der Waals surface area contributed by atoms with Gasteiger partial charge in [-0.25, -0.2) is 9.78 Å². The summed E-state index contributed by atoms with van der Waals surface area (Å²) in [5.41, 5.74) is 3.47. The zero-order valence-corrected chi connectivity index (χ0v) is 23.2. The maximum atomic E-state index is 12.5. The molecule has 1 atom stereocenters. The number of ether oxygens (including phenoxy) is 3. The summed E-state index contributed by atoms with van der Waals surface area (Å²) in [4.78, 5) is 37.9. The minimum atomic E-state index is -0.907. The van der Waals surface area contributed by atoms with Crippen LogP contribution in [0.4, 0.5) is 4.79 Å². The van der Waals surface area contributed by atoms with Crippen molar-refractivity contribution >= 4 is 45.4 Å². The molecule has 3 aromatic rings. The van der Waals surface area contributed by atoms with E-state index in [1.54, 1.807) is 39.4 Å². The summed E-state index contributed by atoms with van der Waals surface area (Å²) < 4.78 is 17.7. The van der Waals surface area contributed by atoms with E-state index >= 15 is 0 Å². The van der Waals surface area contributed by atoms with Crippen LogP contribution in [0.25, 0.3) is 5.69 Å². The van der Waals surface area contributed by atoms with E-state index in [0.29, 0.717) is 23.0 Å². The van der Waals surface area contributed by atoms with Gasteiger partial charge < -0.3 is 14.2 Å². The molecule has 0 amide bonds. The van der Waals surface area contributed by atoms with Crippen molar-refractivity contribution in [3.05, 3.63) is 75.0 Å². The predicted octanol–water partition coefficient (Wildman–Crippen LogP) is 6.12. The van der Waals surface area contributed by atoms with E-state index in [4.69, 9.17) is 30.8 Å². The van der Waals surface area contributed by atoms with E-state index in [9.17, 15) is 9.59 Å². The highest BCUT2D eigenvalue weighted by Crippen LogP contribution is 2.37. The molecule has 0 spiro atoms. The van der Waals surface area contributed by atoms with E-state index in [1.807, 2.05) is 35.8 Å². The Morgan fingerprint density at radius 3 is 2.59 bits per heavy atom. The van der Waals surface area contributed by atoms with E-state index < -0.39 is 30.6 Å². The van der Waals surface area contributed by atoms with Crippen molar-refractivity contribution in [2.75, 3.05) is 6.79 Å². The van der Waals surface area contributed by atoms with Crippen LogP contribution in [0.15, 0.2) is 52.3 Å². The lowest BCUT2D eigenvalue weighted by Crippen LogP contribution is -2.25. The van der Waals surface area contributed by atoms with Gasteiger partial charge in [-0.1, -0.05) is 11.6 Å². The van der Waals surface area contributed by atoms with E-state index in [2.05, 4.69) is 25.9 Å². The van der Waals surface area contributed by atoms with Gasteiger partial charge >= 0.3 is 12.1 Å². The first-order valence-electron chi connectivity index (χ1n) is 11.6. The van der Waals surface area contributed by atoms with Gasteiger partial charge in [-0.05, 0) is 74.3 Å². The van der Waals surface area contributed by atoms with Gasteiger partial charge in [0.05, 0.1) is 16.4 Å². The molecule has 0 saturated heterocycles. The van der Waals surface area contributed by atoms with Crippen LogP contribution in [-0.2, 0) is 19.0 Å². The van der Waals surface area contributed by atoms with E-state index in [0.717, 1.165) is 27.0 Å². The SMILES string of the molecule is Cc1cnc2n1-c1cc(Br)c(Cl)cc1C(c1ccncc1)=N[C@H]2CCC(=O)OCOC(=O)OC(C)(C)C. The molecule has 1 aliphatic heterocycles. The van der Waals surface area contributed by atoms with Crippen LogP contribution < -0.4 is 0 Å². The molecule has 4 rings (SSSR count). The number of fused-ring (bicyclic) bond motifs is 3. The molecule has 11 heteroatoms. The lowest BCUT2D eigenvalue weighted by atomic mass is 10.0. The van der Waals surface area contributed by atoms with Gasteiger partial charge in [-0.3, -0.25) is 19.3 Å². The number of imidazole rings is 1. The third kappa shape index (κ3) is 6.37. The lowest BCUT2D eigenvalue weighted by Gasteiger charge is -2.18. The molecule has 0 saturated carbocycles. The molecule has 0 radical (unpaired) electrons. The van der Waals surface area contributed by atoms with Gasteiger partial charge in [0, 0.05) is 46.3 Å². The highest BCUT2D eigenvalue weighted by Gasteiger charge is 2.28. The second-order valence-corrected chi connectivity index (χ2v) is 10.6. The van der Waals surface area contributed by atoms with Crippen molar-refractivity contribution in [3.63, 3.8) is 0 Å². The average molecular weight is 590 g/mol. The Morgan fingerprint density at radius 2 is 1.89 bits per heavy atom. The van der Waals surface area contributed by atoms with Crippen LogP contribution in [0.5, 0.6) is 0 Å². The van der Waals surface area contributed by atoms with Gasteiger partial charge in [-0.15, -0.1) is 0 Å². The third-order valence-electron chi connectivity index (χ3n) is 5.44. The van der Waals surface area contributed by atoms with E-state index in [-0.39, 0.29) is 6.42 Å². The Labute approximate surface area is 228 Å². The topological polar surface area (TPSA) is 105 Å². The summed E-state index contributed by atoms with van der Waals surface area (Å²) in [6, 6.07) is 7.10. The summed E-state index contributed by atoms with van der Waals surface area (Å²) >= 11 is 10.0. The van der Waals surface area contributed by atoms with Gasteiger partial charge in [0.1, 0.15) is 17.5 Å². The van der Waals surface area contributed by atoms with Crippen LogP contribution in [0.2, 0.25) is 5.02 Å². The molecule has 3 heterocycles. The number of hydrogen-bond donors (Lipinski definition) is 0. The molecular formula is C26H26BrClN4O5. The second kappa shape index (κ2) is 11.0. The zero-order chi connectivity index (χ0) is 26.7. The Bertz CT molecular complexity index is 1350. The molecule has 0 fully saturated rings. The fraction of sp³-hybridized carbons (Fsp3) is 0.346. The summed E-state index contributed by atoms with van der Waals surface area (Å²) in [6.07, 6.45) is 4.61. The molecule has 0 aliphatic carbocycles. The molecule has 9 nitrogen and oxygen atoms in total. The molecule has 37 heavy (non-hydrogen) atoms. The molecule has 194 valence electrons. The van der Waals surface area contributed by atoms with Crippen molar-refractivity contribution in [2.45, 2.75) is 52.2 Å². The van der Waals surface area contributed by atoms with Crippen LogP contribution in [0.3, 0.4) is 0 Å². The van der Waals surface area contributed by atoms with Crippen molar-refractivity contribution in [2.24, 2.45) is 4.99 Å². The maximum absolute atomic E-state index is 12.5. The molecule has 1 aliphatic rings. The zero-order valence-electron chi connectivity index (χ0n) is 20.8. The van der Waals surface area contributed by atoms with E-state index in [1.165, 1.54) is 0 Å². The number of aryl methyl sites for hydroxylation is 1. The standard InChI is InChI=1S/C26H26BrClN4O5/c1-15-13-30-24-20(5-6-22(33)35-14-36-25(34)37-26(2,3)4)31-23(16-7-9-29-10-8-16)17-11-19(28)18(27)12-21(17)32(15)24/h7-13,20H,5-6,14H2,1-4H3/t20-/m0/s1. The second-order valence-electron chi connectivity index (χ2n) is 9.39. The van der Waals surface area contributed by atoms with Crippen molar-refractivity contribution < 1.29 is 23.8 Å². The number of rotatable bonds is 6. The Kier molecular flexibility index (Phi) is 7.99. The number of pyridine rings is 1. The Balaban J connectivity index is 1.59. The van der Waals surface area contributed by atoms with Crippen LogP contribution >= 0.6 is 27.5 Å². The lowest BCUT2D eigenvalue weighted by molar-refractivity contribution is -0.154. The van der Waals surface area contributed by atoms with Crippen LogP contribution in [0.1, 0.15) is 62.3 Å². The number of nitrogens with zero attached hydrogens (tertiary/aromatic N) is 4. The first kappa shape index (κ1) is 26.8. The summed E-state index contributed by atoms with van der Waals surface area (Å²) in [5, 5.41) is 0.548. The monoisotopic (exact) mass is 588 g/mol. The summed E-state index contributed by atoms with van der Waals surface area (Å²) in [6.45, 7) is 6.56. The number of aromatic nitrogens is 3. The largest absolute Gasteiger partial charge is 0.511 e. The van der Waals surface area contributed by atoms with Gasteiger partial charge in [0.25, 0.3) is 0 Å². The maximum Gasteiger partial charge on any atom is 0.511 e. The molecular weight excluding hydrogens is 564 g/mol. The number of aliphatic imine (C=N–C) groups is 1. The van der Waals surface area contributed by atoms with Gasteiger partial charge in [-0.2, -0.15) is 0 Å². The van der Waals surface area contributed by atoms with Crippen LogP contribution in [0, 0.1) is 6.92 Å². The third-order valence-corrected chi connectivity index (χ3v) is 6.64. The quantitative estimate of drug-likeness (QED) is 0.252. The summed E-state index contributed by atoms with van der Waals surface area (Å²) in [5.74, 6) is 0.154. The Morgan fingerprint density at radius 1 is 1.16 bits per heavy atom. The predicted molar refractivity (Wildman–Crippen MR) is 141 cm³/mol. The molecule has 0 unspecified atom stereocenters. The van der Waals surface area contributed by atoms with Gasteiger partial charge in [0.15, 0.2) is 0 Å². The fourth-order valence-corrected chi connectivity index (χ4v) is 4.38. The Hall–Kier alpha value is -3.24. The van der Waals surface area contributed by atoms with Crippen molar-refractivity contribution in [3.8, 4) is 5.69 Å². The van der Waals surface area contributed by atoms with Gasteiger partial charge in [0.2, 0.25) is 6.79 Å². The number of benzene rings is 1. The summed E-state index contributed by atoms with van der Waals surface area (Å²) in [7, 11) is 0. The number of carbonyl (C=O) groups excluding carboxylic acids is 2. The van der Waals surface area contributed by atoms with Crippen molar-refractivity contribution in [1.82, 2.24) is 14.5 Å². The normalized spacial score (nSPS) is 14.6. The molecule has 2 aromatic heterocycles. The minimum Gasteiger partial charge on any atom is -0.428 e. The number of hydrogen-bond acceptors (Lipinski definition) is 8. The number of esters is 1. The highest BCUT2D eigenvalue weighted by atomic mass is 79.9.